The molecule has 6 heteroatoms. The largest absolute Gasteiger partial charge is 0.383 e. The number of aryl methyl sites for hydroxylation is 1. The van der Waals surface area contributed by atoms with E-state index >= 15 is 0 Å². The smallest absolute Gasteiger partial charge is 0.256 e. The van der Waals surface area contributed by atoms with Crippen molar-refractivity contribution in [2.75, 3.05) is 18.8 Å². The Morgan fingerprint density at radius 2 is 2.53 bits per heavy atom. The molecule has 6 nitrogen and oxygen atoms in total. The molecule has 1 aliphatic rings. The van der Waals surface area contributed by atoms with Gasteiger partial charge in [-0.3, -0.25) is 9.48 Å². The lowest BCUT2D eigenvalue weighted by molar-refractivity contribution is 0.0948. The fraction of sp³-hybridized carbons (Fsp3) is 0.636. The summed E-state index contributed by atoms with van der Waals surface area (Å²) in [7, 11) is 1.72. The first kappa shape index (κ1) is 11.9. The van der Waals surface area contributed by atoms with Crippen molar-refractivity contribution in [2.45, 2.75) is 25.3 Å². The van der Waals surface area contributed by atoms with Gasteiger partial charge in [0.1, 0.15) is 11.4 Å². The summed E-state index contributed by atoms with van der Waals surface area (Å²) in [6, 6.07) is 0.380. The first-order chi connectivity index (χ1) is 8.18. The molecule has 1 aromatic heterocycles. The van der Waals surface area contributed by atoms with Crippen LogP contribution in [0.1, 0.15) is 29.6 Å². The molecule has 94 valence electrons. The number of nitrogens with two attached hydrogens (primary N) is 1. The number of carbonyl (C=O) groups is 1. The molecule has 0 radical (unpaired) electrons. The van der Waals surface area contributed by atoms with Gasteiger partial charge in [-0.2, -0.15) is 5.10 Å². The fourth-order valence-corrected chi connectivity index (χ4v) is 2.03. The van der Waals surface area contributed by atoms with E-state index in [9.17, 15) is 4.79 Å². The molecule has 1 fully saturated rings. The van der Waals surface area contributed by atoms with Crippen molar-refractivity contribution in [3.63, 3.8) is 0 Å². The van der Waals surface area contributed by atoms with Crippen LogP contribution in [0.25, 0.3) is 0 Å². The summed E-state index contributed by atoms with van der Waals surface area (Å²) in [5.41, 5.74) is 6.18. The highest BCUT2D eigenvalue weighted by Crippen LogP contribution is 2.09. The number of carbonyl (C=O) groups excluding carboxylic acids is 1. The number of hydrogen-bond donors (Lipinski definition) is 3. The van der Waals surface area contributed by atoms with Gasteiger partial charge in [-0.25, -0.2) is 0 Å². The van der Waals surface area contributed by atoms with Crippen LogP contribution in [0.15, 0.2) is 6.20 Å². The molecule has 0 bridgehead atoms. The van der Waals surface area contributed by atoms with Gasteiger partial charge in [0, 0.05) is 19.6 Å². The van der Waals surface area contributed by atoms with Crippen LogP contribution in [0, 0.1) is 0 Å². The first-order valence-electron chi connectivity index (χ1n) is 5.97. The molecule has 0 saturated carbocycles. The average Bonchev–Trinajstić information content (AvgIpc) is 2.69. The van der Waals surface area contributed by atoms with E-state index < -0.39 is 0 Å². The van der Waals surface area contributed by atoms with Crippen LogP contribution < -0.4 is 16.4 Å². The molecule has 2 rings (SSSR count). The Morgan fingerprint density at radius 3 is 3.12 bits per heavy atom. The minimum Gasteiger partial charge on any atom is -0.383 e. The first-order valence-corrected chi connectivity index (χ1v) is 5.97. The Hall–Kier alpha value is -1.56. The zero-order valence-corrected chi connectivity index (χ0v) is 10.1. The van der Waals surface area contributed by atoms with Crippen molar-refractivity contribution in [1.29, 1.82) is 0 Å². The Morgan fingerprint density at radius 1 is 1.71 bits per heavy atom. The molecule has 0 spiro atoms. The summed E-state index contributed by atoms with van der Waals surface area (Å²) in [4.78, 5) is 11.8. The molecular weight excluding hydrogens is 218 g/mol. The van der Waals surface area contributed by atoms with Gasteiger partial charge in [-0.15, -0.1) is 0 Å². The van der Waals surface area contributed by atoms with Crippen LogP contribution in [0.5, 0.6) is 0 Å². The standard InChI is InChI=1S/C11H19N5O/c1-16-10(12)9(7-15-16)11(17)14-6-8-4-2-3-5-13-8/h7-8,13H,2-6,12H2,1H3,(H,14,17). The summed E-state index contributed by atoms with van der Waals surface area (Å²) in [6.07, 6.45) is 5.06. The van der Waals surface area contributed by atoms with E-state index in [4.69, 9.17) is 5.73 Å². The van der Waals surface area contributed by atoms with Gasteiger partial charge in [0.25, 0.3) is 5.91 Å². The summed E-state index contributed by atoms with van der Waals surface area (Å²) in [5, 5.41) is 10.2. The van der Waals surface area contributed by atoms with Crippen LogP contribution >= 0.6 is 0 Å². The van der Waals surface area contributed by atoms with Crippen molar-refractivity contribution in [3.8, 4) is 0 Å². The van der Waals surface area contributed by atoms with Crippen LogP contribution in [-0.4, -0.2) is 34.8 Å². The number of nitrogen functional groups attached to an aromatic ring is 1. The predicted molar refractivity (Wildman–Crippen MR) is 65.6 cm³/mol. The molecule has 17 heavy (non-hydrogen) atoms. The van der Waals surface area contributed by atoms with Crippen molar-refractivity contribution >= 4 is 11.7 Å². The summed E-state index contributed by atoms with van der Waals surface area (Å²) in [6.45, 7) is 1.68. The van der Waals surface area contributed by atoms with Crippen LogP contribution in [0.2, 0.25) is 0 Å². The Bertz CT molecular complexity index is 395. The van der Waals surface area contributed by atoms with E-state index in [0.29, 0.717) is 24.0 Å². The SMILES string of the molecule is Cn1ncc(C(=O)NCC2CCCCN2)c1N. The minimum absolute atomic E-state index is 0.150. The van der Waals surface area contributed by atoms with Crippen molar-refractivity contribution in [2.24, 2.45) is 7.05 Å². The molecule has 1 atom stereocenters. The topological polar surface area (TPSA) is 85.0 Å². The Balaban J connectivity index is 1.86. The predicted octanol–water partition coefficient (Wildman–Crippen LogP) is -0.126. The average molecular weight is 237 g/mol. The molecule has 4 N–H and O–H groups in total. The Labute approximate surface area is 101 Å². The lowest BCUT2D eigenvalue weighted by Crippen LogP contribution is -2.43. The number of hydrogen-bond acceptors (Lipinski definition) is 4. The van der Waals surface area contributed by atoms with Gasteiger partial charge < -0.3 is 16.4 Å². The quantitative estimate of drug-likeness (QED) is 0.684. The number of rotatable bonds is 3. The second-order valence-corrected chi connectivity index (χ2v) is 4.42. The van der Waals surface area contributed by atoms with Gasteiger partial charge in [-0.1, -0.05) is 6.42 Å². The highest BCUT2D eigenvalue weighted by atomic mass is 16.1. The molecule has 1 aliphatic heterocycles. The van der Waals surface area contributed by atoms with Crippen molar-refractivity contribution in [1.82, 2.24) is 20.4 Å². The molecule has 2 heterocycles. The Kier molecular flexibility index (Phi) is 3.63. The third-order valence-electron chi connectivity index (χ3n) is 3.15. The van der Waals surface area contributed by atoms with E-state index in [2.05, 4.69) is 15.7 Å². The lowest BCUT2D eigenvalue weighted by Gasteiger charge is -2.23. The van der Waals surface area contributed by atoms with E-state index in [-0.39, 0.29) is 5.91 Å². The van der Waals surface area contributed by atoms with Crippen molar-refractivity contribution in [3.05, 3.63) is 11.8 Å². The lowest BCUT2D eigenvalue weighted by atomic mass is 10.1. The number of nitrogens with zero attached hydrogens (tertiary/aromatic N) is 2. The maximum absolute atomic E-state index is 11.8. The number of nitrogens with one attached hydrogen (secondary N) is 2. The van der Waals surface area contributed by atoms with Gasteiger partial charge in [0.05, 0.1) is 6.20 Å². The van der Waals surface area contributed by atoms with Gasteiger partial charge in [0.2, 0.25) is 0 Å². The third kappa shape index (κ3) is 2.76. The number of anilines is 1. The minimum atomic E-state index is -0.150. The molecule has 1 saturated heterocycles. The van der Waals surface area contributed by atoms with E-state index in [1.807, 2.05) is 0 Å². The summed E-state index contributed by atoms with van der Waals surface area (Å²) < 4.78 is 1.49. The fourth-order valence-electron chi connectivity index (χ4n) is 2.03. The van der Waals surface area contributed by atoms with Gasteiger partial charge >= 0.3 is 0 Å². The van der Waals surface area contributed by atoms with Crippen LogP contribution in [0.4, 0.5) is 5.82 Å². The maximum Gasteiger partial charge on any atom is 0.256 e. The number of aromatic nitrogens is 2. The zero-order valence-electron chi connectivity index (χ0n) is 10.1. The second kappa shape index (κ2) is 5.18. The molecule has 0 aromatic carbocycles. The monoisotopic (exact) mass is 237 g/mol. The van der Waals surface area contributed by atoms with Crippen molar-refractivity contribution < 1.29 is 4.79 Å². The summed E-state index contributed by atoms with van der Waals surface area (Å²) >= 11 is 0. The molecule has 1 amide bonds. The van der Waals surface area contributed by atoms with Gasteiger partial charge in [0.15, 0.2) is 0 Å². The maximum atomic E-state index is 11.8. The summed E-state index contributed by atoms with van der Waals surface area (Å²) in [5.74, 6) is 0.252. The van der Waals surface area contributed by atoms with E-state index in [1.54, 1.807) is 7.05 Å². The molecule has 1 unspecified atom stereocenters. The molecular formula is C11H19N5O. The highest BCUT2D eigenvalue weighted by molar-refractivity contribution is 5.98. The van der Waals surface area contributed by atoms with Crippen LogP contribution in [0.3, 0.4) is 0 Å². The second-order valence-electron chi connectivity index (χ2n) is 4.42. The van der Waals surface area contributed by atoms with Gasteiger partial charge in [-0.05, 0) is 19.4 Å². The zero-order chi connectivity index (χ0) is 12.3. The van der Waals surface area contributed by atoms with Crippen LogP contribution in [-0.2, 0) is 7.05 Å². The number of piperidine rings is 1. The van der Waals surface area contributed by atoms with E-state index in [0.717, 1.165) is 13.0 Å². The molecule has 0 aliphatic carbocycles. The van der Waals surface area contributed by atoms with E-state index in [1.165, 1.54) is 23.7 Å². The molecule has 1 aromatic rings. The highest BCUT2D eigenvalue weighted by Gasteiger charge is 2.16. The third-order valence-corrected chi connectivity index (χ3v) is 3.15. The normalized spacial score (nSPS) is 20.2. The number of amides is 1.